The maximum absolute atomic E-state index is 3.56. The lowest BCUT2D eigenvalue weighted by Gasteiger charge is -2.05. The molecule has 2 atom stereocenters. The highest BCUT2D eigenvalue weighted by atomic mass is 35.5. The summed E-state index contributed by atoms with van der Waals surface area (Å²) in [6, 6.07) is 8.61. The number of aromatic amines is 1. The van der Waals surface area contributed by atoms with Crippen LogP contribution in [0.3, 0.4) is 0 Å². The van der Waals surface area contributed by atoms with Crippen LogP contribution in [0, 0.1) is 11.8 Å². The number of para-hydroxylation sites is 1. The van der Waals surface area contributed by atoms with Crippen LogP contribution < -0.4 is 5.32 Å². The molecular formula is C14H19ClN2. The number of H-pyrrole nitrogens is 1. The summed E-state index contributed by atoms with van der Waals surface area (Å²) in [5.74, 6) is 1.86. The van der Waals surface area contributed by atoms with E-state index >= 15 is 0 Å². The van der Waals surface area contributed by atoms with E-state index in [-0.39, 0.29) is 12.4 Å². The van der Waals surface area contributed by atoms with Gasteiger partial charge in [-0.05, 0) is 41.8 Å². The van der Waals surface area contributed by atoms with Gasteiger partial charge in [-0.15, -0.1) is 12.4 Å². The van der Waals surface area contributed by atoms with Crippen molar-refractivity contribution in [3.8, 4) is 0 Å². The number of halogens is 1. The second-order valence-corrected chi connectivity index (χ2v) is 4.96. The zero-order valence-electron chi connectivity index (χ0n) is 10.1. The maximum atomic E-state index is 3.56. The van der Waals surface area contributed by atoms with Crippen LogP contribution in [0.2, 0.25) is 0 Å². The first-order valence-electron chi connectivity index (χ1n) is 6.10. The van der Waals surface area contributed by atoms with Gasteiger partial charge in [0, 0.05) is 18.3 Å². The third-order valence-electron chi connectivity index (χ3n) is 3.67. The molecule has 3 heteroatoms. The monoisotopic (exact) mass is 250 g/mol. The van der Waals surface area contributed by atoms with Crippen LogP contribution in [-0.2, 0) is 6.54 Å². The van der Waals surface area contributed by atoms with Crippen molar-refractivity contribution < 1.29 is 0 Å². The van der Waals surface area contributed by atoms with E-state index in [2.05, 4.69) is 41.5 Å². The Morgan fingerprint density at radius 1 is 1.35 bits per heavy atom. The predicted molar refractivity (Wildman–Crippen MR) is 74.5 cm³/mol. The predicted octanol–water partition coefficient (Wildman–Crippen LogP) is 3.34. The SMILES string of the molecule is CC1CC1CNCc1cccc2cc[nH]c12.Cl. The van der Waals surface area contributed by atoms with Gasteiger partial charge in [0.1, 0.15) is 0 Å². The molecule has 2 aromatic rings. The smallest absolute Gasteiger partial charge is 0.0499 e. The van der Waals surface area contributed by atoms with Gasteiger partial charge in [0.05, 0.1) is 0 Å². The van der Waals surface area contributed by atoms with Gasteiger partial charge in [-0.1, -0.05) is 25.1 Å². The maximum Gasteiger partial charge on any atom is 0.0499 e. The Balaban J connectivity index is 0.00000108. The Kier molecular flexibility index (Phi) is 3.75. The summed E-state index contributed by atoms with van der Waals surface area (Å²) in [5.41, 5.74) is 2.65. The Morgan fingerprint density at radius 2 is 2.18 bits per heavy atom. The van der Waals surface area contributed by atoms with Crippen LogP contribution in [0.5, 0.6) is 0 Å². The molecule has 17 heavy (non-hydrogen) atoms. The van der Waals surface area contributed by atoms with Crippen molar-refractivity contribution >= 4 is 23.3 Å². The van der Waals surface area contributed by atoms with Crippen molar-refractivity contribution in [2.75, 3.05) is 6.54 Å². The lowest BCUT2D eigenvalue weighted by molar-refractivity contribution is 0.613. The summed E-state index contributed by atoms with van der Waals surface area (Å²) in [5, 5.41) is 4.86. The minimum Gasteiger partial charge on any atom is -0.361 e. The molecule has 2 N–H and O–H groups in total. The molecule has 92 valence electrons. The van der Waals surface area contributed by atoms with E-state index < -0.39 is 0 Å². The number of rotatable bonds is 4. The fourth-order valence-corrected chi connectivity index (χ4v) is 2.37. The summed E-state index contributed by atoms with van der Waals surface area (Å²) in [4.78, 5) is 3.31. The van der Waals surface area contributed by atoms with Crippen LogP contribution in [0.1, 0.15) is 18.9 Å². The van der Waals surface area contributed by atoms with E-state index in [0.717, 1.165) is 24.9 Å². The van der Waals surface area contributed by atoms with Gasteiger partial charge in [0.15, 0.2) is 0 Å². The average Bonchev–Trinajstić information content (AvgIpc) is 2.81. The molecule has 1 aliphatic rings. The van der Waals surface area contributed by atoms with Crippen LogP contribution in [0.25, 0.3) is 10.9 Å². The molecule has 1 heterocycles. The van der Waals surface area contributed by atoms with Crippen LogP contribution in [0.4, 0.5) is 0 Å². The van der Waals surface area contributed by atoms with Crippen LogP contribution in [-0.4, -0.2) is 11.5 Å². The second-order valence-electron chi connectivity index (χ2n) is 4.96. The van der Waals surface area contributed by atoms with Crippen LogP contribution >= 0.6 is 12.4 Å². The molecule has 1 aromatic heterocycles. The first kappa shape index (κ1) is 12.5. The largest absolute Gasteiger partial charge is 0.361 e. The standard InChI is InChI=1S/C14H18N2.ClH/c1-10-7-13(10)9-15-8-12-4-2-3-11-5-6-16-14(11)12;/h2-6,10,13,15-16H,7-9H2,1H3;1H. The van der Waals surface area contributed by atoms with Gasteiger partial charge in [-0.2, -0.15) is 0 Å². The molecule has 2 unspecified atom stereocenters. The van der Waals surface area contributed by atoms with Gasteiger partial charge >= 0.3 is 0 Å². The Bertz CT molecular complexity index is 492. The van der Waals surface area contributed by atoms with Gasteiger partial charge < -0.3 is 10.3 Å². The summed E-state index contributed by atoms with van der Waals surface area (Å²) in [6.45, 7) is 4.47. The highest BCUT2D eigenvalue weighted by Gasteiger charge is 2.31. The molecule has 3 rings (SSSR count). The third kappa shape index (κ3) is 2.64. The molecule has 0 bridgehead atoms. The van der Waals surface area contributed by atoms with Gasteiger partial charge in [-0.25, -0.2) is 0 Å². The van der Waals surface area contributed by atoms with Gasteiger partial charge in [-0.3, -0.25) is 0 Å². The molecule has 0 aliphatic heterocycles. The van der Waals surface area contributed by atoms with Crippen LogP contribution in [0.15, 0.2) is 30.5 Å². The number of benzene rings is 1. The number of aromatic nitrogens is 1. The summed E-state index contributed by atoms with van der Waals surface area (Å²) >= 11 is 0. The Morgan fingerprint density at radius 3 is 2.94 bits per heavy atom. The van der Waals surface area contributed by atoms with Gasteiger partial charge in [0.2, 0.25) is 0 Å². The number of fused-ring (bicyclic) bond motifs is 1. The minimum absolute atomic E-state index is 0. The summed E-state index contributed by atoms with van der Waals surface area (Å²) in [7, 11) is 0. The Hall–Kier alpha value is -0.990. The number of hydrogen-bond acceptors (Lipinski definition) is 1. The zero-order valence-corrected chi connectivity index (χ0v) is 10.9. The summed E-state index contributed by atoms with van der Waals surface area (Å²) in [6.07, 6.45) is 3.41. The lowest BCUT2D eigenvalue weighted by Crippen LogP contribution is -2.16. The first-order chi connectivity index (χ1) is 7.84. The first-order valence-corrected chi connectivity index (χ1v) is 6.10. The molecule has 2 nitrogen and oxygen atoms in total. The van der Waals surface area contributed by atoms with E-state index in [0.29, 0.717) is 0 Å². The quantitative estimate of drug-likeness (QED) is 0.856. The average molecular weight is 251 g/mol. The fourth-order valence-electron chi connectivity index (χ4n) is 2.37. The molecule has 1 saturated carbocycles. The Labute approximate surface area is 108 Å². The normalized spacial score (nSPS) is 22.4. The second kappa shape index (κ2) is 5.11. The third-order valence-corrected chi connectivity index (χ3v) is 3.67. The number of hydrogen-bond donors (Lipinski definition) is 2. The minimum atomic E-state index is 0. The van der Waals surface area contributed by atoms with Gasteiger partial charge in [0.25, 0.3) is 0 Å². The van der Waals surface area contributed by atoms with Crippen molar-refractivity contribution in [3.63, 3.8) is 0 Å². The molecule has 1 aliphatic carbocycles. The van der Waals surface area contributed by atoms with Crippen molar-refractivity contribution in [1.29, 1.82) is 0 Å². The van der Waals surface area contributed by atoms with Crippen molar-refractivity contribution in [2.45, 2.75) is 19.9 Å². The zero-order chi connectivity index (χ0) is 11.0. The molecular weight excluding hydrogens is 232 g/mol. The van der Waals surface area contributed by atoms with E-state index in [4.69, 9.17) is 0 Å². The van der Waals surface area contributed by atoms with Crippen molar-refractivity contribution in [2.24, 2.45) is 11.8 Å². The van der Waals surface area contributed by atoms with E-state index in [9.17, 15) is 0 Å². The van der Waals surface area contributed by atoms with Crippen molar-refractivity contribution in [3.05, 3.63) is 36.0 Å². The lowest BCUT2D eigenvalue weighted by atomic mass is 10.1. The molecule has 0 radical (unpaired) electrons. The molecule has 0 saturated heterocycles. The highest BCUT2D eigenvalue weighted by molar-refractivity contribution is 5.85. The molecule has 1 fully saturated rings. The molecule has 1 aromatic carbocycles. The number of nitrogens with one attached hydrogen (secondary N) is 2. The topological polar surface area (TPSA) is 27.8 Å². The molecule has 0 spiro atoms. The van der Waals surface area contributed by atoms with Crippen molar-refractivity contribution in [1.82, 2.24) is 10.3 Å². The highest BCUT2D eigenvalue weighted by Crippen LogP contribution is 2.36. The van der Waals surface area contributed by atoms with E-state index in [1.807, 2.05) is 6.20 Å². The fraction of sp³-hybridized carbons (Fsp3) is 0.429. The van der Waals surface area contributed by atoms with E-state index in [1.165, 1.54) is 22.9 Å². The molecule has 0 amide bonds. The van der Waals surface area contributed by atoms with E-state index in [1.54, 1.807) is 0 Å². The summed E-state index contributed by atoms with van der Waals surface area (Å²) < 4.78 is 0.